The van der Waals surface area contributed by atoms with Gasteiger partial charge in [-0.25, -0.2) is 4.98 Å². The number of aromatic nitrogens is 1. The van der Waals surface area contributed by atoms with E-state index in [0.717, 1.165) is 36.0 Å². The Bertz CT molecular complexity index is 423. The molecular weight excluding hydrogens is 212 g/mol. The summed E-state index contributed by atoms with van der Waals surface area (Å²) in [7, 11) is 0. The van der Waals surface area contributed by atoms with Gasteiger partial charge < -0.3 is 10.6 Å². The molecule has 0 bridgehead atoms. The van der Waals surface area contributed by atoms with Crippen molar-refractivity contribution in [3.8, 4) is 0 Å². The molecule has 4 nitrogen and oxygen atoms in total. The van der Waals surface area contributed by atoms with Crippen LogP contribution in [0.4, 0.5) is 5.82 Å². The predicted octanol–water partition coefficient (Wildman–Crippen LogP) is 1.91. The van der Waals surface area contributed by atoms with E-state index in [9.17, 15) is 0 Å². The van der Waals surface area contributed by atoms with E-state index in [1.165, 1.54) is 12.8 Å². The van der Waals surface area contributed by atoms with Crippen LogP contribution in [0.25, 0.3) is 0 Å². The monoisotopic (exact) mass is 232 g/mol. The predicted molar refractivity (Wildman–Crippen MR) is 70.6 cm³/mol. The third kappa shape index (κ3) is 2.57. The van der Waals surface area contributed by atoms with E-state index >= 15 is 0 Å². The lowest BCUT2D eigenvalue weighted by atomic mass is 10.1. The van der Waals surface area contributed by atoms with Gasteiger partial charge in [-0.05, 0) is 44.2 Å². The third-order valence-electron chi connectivity index (χ3n) is 3.27. The zero-order valence-corrected chi connectivity index (χ0v) is 10.5. The van der Waals surface area contributed by atoms with Crippen LogP contribution in [-0.4, -0.2) is 23.9 Å². The fourth-order valence-corrected chi connectivity index (χ4v) is 2.09. The first-order valence-corrected chi connectivity index (χ1v) is 6.18. The molecule has 1 heterocycles. The normalized spacial score (nSPS) is 14.7. The van der Waals surface area contributed by atoms with Gasteiger partial charge in [-0.1, -0.05) is 0 Å². The highest BCUT2D eigenvalue weighted by molar-refractivity contribution is 6.01. The van der Waals surface area contributed by atoms with Gasteiger partial charge in [0.2, 0.25) is 0 Å². The maximum Gasteiger partial charge on any atom is 0.139 e. The Balaban J connectivity index is 2.33. The molecule has 0 saturated heterocycles. The van der Waals surface area contributed by atoms with Crippen LogP contribution in [-0.2, 0) is 0 Å². The quantitative estimate of drug-likeness (QED) is 0.602. The van der Waals surface area contributed by atoms with Gasteiger partial charge in [0.25, 0.3) is 0 Å². The van der Waals surface area contributed by atoms with Crippen LogP contribution >= 0.6 is 0 Å². The van der Waals surface area contributed by atoms with Gasteiger partial charge in [0, 0.05) is 19.3 Å². The smallest absolute Gasteiger partial charge is 0.139 e. The Labute approximate surface area is 102 Å². The molecule has 17 heavy (non-hydrogen) atoms. The molecule has 1 fully saturated rings. The van der Waals surface area contributed by atoms with Crippen LogP contribution in [0.1, 0.15) is 30.9 Å². The topological polar surface area (TPSA) is 66.0 Å². The standard InChI is InChI=1S/C13H20N4/c1-3-17(8-10-4-5-10)13-11(12(14)15)9(2)6-7-16-13/h6-7,10H,3-5,8H2,1-2H3,(H3,14,15). The van der Waals surface area contributed by atoms with Crippen molar-refractivity contribution < 1.29 is 0 Å². The summed E-state index contributed by atoms with van der Waals surface area (Å²) in [6, 6.07) is 1.91. The molecule has 1 aliphatic carbocycles. The zero-order chi connectivity index (χ0) is 12.4. The SMILES string of the molecule is CCN(CC1CC1)c1nccc(C)c1C(=N)N. The van der Waals surface area contributed by atoms with Crippen molar-refractivity contribution in [2.75, 3.05) is 18.0 Å². The van der Waals surface area contributed by atoms with Gasteiger partial charge in [0.05, 0.1) is 5.56 Å². The van der Waals surface area contributed by atoms with Gasteiger partial charge >= 0.3 is 0 Å². The van der Waals surface area contributed by atoms with E-state index in [-0.39, 0.29) is 5.84 Å². The Hall–Kier alpha value is -1.58. The van der Waals surface area contributed by atoms with E-state index in [0.29, 0.717) is 0 Å². The number of amidine groups is 1. The second-order valence-electron chi connectivity index (χ2n) is 4.72. The molecule has 4 heteroatoms. The highest BCUT2D eigenvalue weighted by atomic mass is 15.2. The van der Waals surface area contributed by atoms with Crippen LogP contribution in [0.3, 0.4) is 0 Å². The molecule has 0 aliphatic heterocycles. The number of aryl methyl sites for hydroxylation is 1. The van der Waals surface area contributed by atoms with Crippen molar-refractivity contribution in [2.45, 2.75) is 26.7 Å². The number of rotatable bonds is 5. The molecule has 92 valence electrons. The first-order chi connectivity index (χ1) is 8.13. The molecule has 0 spiro atoms. The lowest BCUT2D eigenvalue weighted by Gasteiger charge is -2.24. The Morgan fingerprint density at radius 2 is 2.29 bits per heavy atom. The summed E-state index contributed by atoms with van der Waals surface area (Å²) >= 11 is 0. The molecule has 2 rings (SSSR count). The Morgan fingerprint density at radius 3 is 2.82 bits per heavy atom. The van der Waals surface area contributed by atoms with Crippen molar-refractivity contribution >= 4 is 11.7 Å². The van der Waals surface area contributed by atoms with Gasteiger partial charge in [-0.3, -0.25) is 5.41 Å². The molecule has 0 aromatic carbocycles. The van der Waals surface area contributed by atoms with Gasteiger partial charge in [0.1, 0.15) is 11.7 Å². The highest BCUT2D eigenvalue weighted by Gasteiger charge is 2.26. The summed E-state index contributed by atoms with van der Waals surface area (Å²) in [5.74, 6) is 1.78. The second-order valence-corrected chi connectivity index (χ2v) is 4.72. The number of nitrogens with one attached hydrogen (secondary N) is 1. The van der Waals surface area contributed by atoms with E-state index < -0.39 is 0 Å². The van der Waals surface area contributed by atoms with Crippen molar-refractivity contribution in [3.05, 3.63) is 23.4 Å². The van der Waals surface area contributed by atoms with Crippen LogP contribution in [0.2, 0.25) is 0 Å². The van der Waals surface area contributed by atoms with E-state index in [4.69, 9.17) is 11.1 Å². The maximum atomic E-state index is 7.69. The summed E-state index contributed by atoms with van der Waals surface area (Å²) in [6.45, 7) is 6.05. The molecule has 1 aromatic heterocycles. The van der Waals surface area contributed by atoms with E-state index in [1.54, 1.807) is 6.20 Å². The molecular formula is C13H20N4. The molecule has 0 unspecified atom stereocenters. The Morgan fingerprint density at radius 1 is 1.59 bits per heavy atom. The Kier molecular flexibility index (Phi) is 3.31. The number of hydrogen-bond donors (Lipinski definition) is 2. The van der Waals surface area contributed by atoms with Crippen molar-refractivity contribution in [2.24, 2.45) is 11.7 Å². The average molecular weight is 232 g/mol. The van der Waals surface area contributed by atoms with E-state index in [2.05, 4.69) is 16.8 Å². The lowest BCUT2D eigenvalue weighted by Crippen LogP contribution is -2.29. The number of anilines is 1. The number of nitrogen functional groups attached to an aromatic ring is 1. The van der Waals surface area contributed by atoms with Crippen molar-refractivity contribution in [1.29, 1.82) is 5.41 Å². The van der Waals surface area contributed by atoms with Crippen LogP contribution < -0.4 is 10.6 Å². The molecule has 0 atom stereocenters. The summed E-state index contributed by atoms with van der Waals surface area (Å²) in [6.07, 6.45) is 4.43. The van der Waals surface area contributed by atoms with Gasteiger partial charge in [-0.15, -0.1) is 0 Å². The van der Waals surface area contributed by atoms with Crippen molar-refractivity contribution in [3.63, 3.8) is 0 Å². The summed E-state index contributed by atoms with van der Waals surface area (Å²) in [5, 5.41) is 7.69. The highest BCUT2D eigenvalue weighted by Crippen LogP contribution is 2.32. The minimum atomic E-state index is 0.111. The first-order valence-electron chi connectivity index (χ1n) is 6.18. The molecule has 1 aromatic rings. The molecule has 3 N–H and O–H groups in total. The zero-order valence-electron chi connectivity index (χ0n) is 10.5. The number of nitrogens with two attached hydrogens (primary N) is 1. The molecule has 1 aliphatic rings. The van der Waals surface area contributed by atoms with Crippen LogP contribution in [0.5, 0.6) is 0 Å². The molecule has 0 amide bonds. The second kappa shape index (κ2) is 4.73. The largest absolute Gasteiger partial charge is 0.384 e. The van der Waals surface area contributed by atoms with E-state index in [1.807, 2.05) is 13.0 Å². The average Bonchev–Trinajstić information content (AvgIpc) is 3.08. The maximum absolute atomic E-state index is 7.69. The lowest BCUT2D eigenvalue weighted by molar-refractivity contribution is 0.731. The fourth-order valence-electron chi connectivity index (χ4n) is 2.09. The number of pyridine rings is 1. The molecule has 1 saturated carbocycles. The fraction of sp³-hybridized carbons (Fsp3) is 0.538. The third-order valence-corrected chi connectivity index (χ3v) is 3.27. The summed E-state index contributed by atoms with van der Waals surface area (Å²) in [5.41, 5.74) is 7.48. The minimum absolute atomic E-state index is 0.111. The van der Waals surface area contributed by atoms with Gasteiger partial charge in [0.15, 0.2) is 0 Å². The van der Waals surface area contributed by atoms with Gasteiger partial charge in [-0.2, -0.15) is 0 Å². The van der Waals surface area contributed by atoms with Crippen LogP contribution in [0, 0.1) is 18.3 Å². The summed E-state index contributed by atoms with van der Waals surface area (Å²) in [4.78, 5) is 6.66. The first kappa shape index (κ1) is 11.9. The van der Waals surface area contributed by atoms with Crippen molar-refractivity contribution in [1.82, 2.24) is 4.98 Å². The number of hydrogen-bond acceptors (Lipinski definition) is 3. The number of nitrogens with zero attached hydrogens (tertiary/aromatic N) is 2. The van der Waals surface area contributed by atoms with Crippen LogP contribution in [0.15, 0.2) is 12.3 Å². The minimum Gasteiger partial charge on any atom is -0.384 e. The summed E-state index contributed by atoms with van der Waals surface area (Å²) < 4.78 is 0. The molecule has 0 radical (unpaired) electrons.